The van der Waals surface area contributed by atoms with Crippen LogP contribution in [0.25, 0.3) is 16.6 Å². The van der Waals surface area contributed by atoms with Crippen LogP contribution in [0.2, 0.25) is 10.0 Å². The maximum atomic E-state index is 13.4. The molecule has 38 heavy (non-hydrogen) atoms. The van der Waals surface area contributed by atoms with Crippen molar-refractivity contribution in [1.29, 1.82) is 0 Å². The molecular weight excluding hydrogens is 538 g/mol. The topological polar surface area (TPSA) is 71.8 Å². The molecule has 0 atom stereocenters. The van der Waals surface area contributed by atoms with Gasteiger partial charge in [0.2, 0.25) is 0 Å². The molecule has 0 aliphatic heterocycles. The second-order valence-corrected chi connectivity index (χ2v) is 10.3. The number of carbonyl (C=O) groups is 1. The molecule has 1 saturated carbocycles. The largest absolute Gasteiger partial charge is 0.433 e. The quantitative estimate of drug-likeness (QED) is 0.270. The summed E-state index contributed by atoms with van der Waals surface area (Å²) in [6, 6.07) is 12.7. The number of halogens is 5. The zero-order chi connectivity index (χ0) is 27.0. The first-order valence-electron chi connectivity index (χ1n) is 12.1. The summed E-state index contributed by atoms with van der Waals surface area (Å²) in [5.74, 6) is -0.205. The summed E-state index contributed by atoms with van der Waals surface area (Å²) in [6.45, 7) is 1.83. The molecule has 0 bridgehead atoms. The van der Waals surface area contributed by atoms with Crippen molar-refractivity contribution in [2.24, 2.45) is 0 Å². The maximum Gasteiger partial charge on any atom is 0.433 e. The van der Waals surface area contributed by atoms with Crippen LogP contribution >= 0.6 is 23.2 Å². The molecule has 2 heterocycles. The van der Waals surface area contributed by atoms with Gasteiger partial charge in [-0.3, -0.25) is 4.79 Å². The van der Waals surface area contributed by atoms with E-state index in [1.807, 2.05) is 19.1 Å². The lowest BCUT2D eigenvalue weighted by molar-refractivity contribution is -0.140. The van der Waals surface area contributed by atoms with Crippen LogP contribution in [0, 0.1) is 6.92 Å². The number of nitrogens with zero attached hydrogens (tertiary/aromatic N) is 3. The predicted molar refractivity (Wildman–Crippen MR) is 142 cm³/mol. The first-order chi connectivity index (χ1) is 18.1. The van der Waals surface area contributed by atoms with Crippen molar-refractivity contribution in [2.45, 2.75) is 50.9 Å². The van der Waals surface area contributed by atoms with Crippen molar-refractivity contribution in [1.82, 2.24) is 20.1 Å². The number of nitrogens with one attached hydrogen (secondary N) is 2. The summed E-state index contributed by atoms with van der Waals surface area (Å²) in [6.07, 6.45) is -0.289. The highest BCUT2D eigenvalue weighted by atomic mass is 35.5. The summed E-state index contributed by atoms with van der Waals surface area (Å²) in [7, 11) is 0. The lowest BCUT2D eigenvalue weighted by Gasteiger charge is -2.30. The number of pyridine rings is 1. The van der Waals surface area contributed by atoms with E-state index >= 15 is 0 Å². The van der Waals surface area contributed by atoms with Gasteiger partial charge in [0.25, 0.3) is 5.91 Å². The van der Waals surface area contributed by atoms with Gasteiger partial charge in [0.15, 0.2) is 0 Å². The second-order valence-electron chi connectivity index (χ2n) is 9.41. The lowest BCUT2D eigenvalue weighted by Crippen LogP contribution is -2.40. The monoisotopic (exact) mass is 561 g/mol. The number of rotatable bonds is 5. The van der Waals surface area contributed by atoms with Crippen molar-refractivity contribution in [2.75, 3.05) is 5.32 Å². The van der Waals surface area contributed by atoms with Gasteiger partial charge in [-0.1, -0.05) is 23.2 Å². The summed E-state index contributed by atoms with van der Waals surface area (Å²) in [5, 5.41) is 12.3. The highest BCUT2D eigenvalue weighted by molar-refractivity contribution is 6.31. The van der Waals surface area contributed by atoms with Crippen LogP contribution in [0.3, 0.4) is 0 Å². The number of benzene rings is 2. The Labute approximate surface area is 227 Å². The molecule has 2 N–H and O–H groups in total. The van der Waals surface area contributed by atoms with E-state index in [0.717, 1.165) is 11.8 Å². The Balaban J connectivity index is 1.24. The first kappa shape index (κ1) is 26.3. The van der Waals surface area contributed by atoms with Gasteiger partial charge in [0.05, 0.1) is 28.7 Å². The molecule has 4 aromatic rings. The van der Waals surface area contributed by atoms with Gasteiger partial charge in [-0.15, -0.1) is 0 Å². The Hall–Kier alpha value is -3.30. The average molecular weight is 562 g/mol. The third kappa shape index (κ3) is 5.59. The number of hydrogen-bond donors (Lipinski definition) is 2. The van der Waals surface area contributed by atoms with E-state index in [9.17, 15) is 18.0 Å². The van der Waals surface area contributed by atoms with Gasteiger partial charge in [-0.05, 0) is 81.1 Å². The van der Waals surface area contributed by atoms with E-state index in [4.69, 9.17) is 23.2 Å². The molecule has 198 valence electrons. The van der Waals surface area contributed by atoms with Crippen molar-refractivity contribution in [3.63, 3.8) is 0 Å². The van der Waals surface area contributed by atoms with E-state index in [-0.39, 0.29) is 23.5 Å². The van der Waals surface area contributed by atoms with Crippen LogP contribution in [0.15, 0.2) is 54.7 Å². The smallest absolute Gasteiger partial charge is 0.382 e. The van der Waals surface area contributed by atoms with Gasteiger partial charge in [0, 0.05) is 33.2 Å². The van der Waals surface area contributed by atoms with Crippen molar-refractivity contribution in [3.8, 4) is 5.69 Å². The fraction of sp³-hybridized carbons (Fsp3) is 0.296. The molecule has 2 aromatic heterocycles. The molecule has 0 radical (unpaired) electrons. The van der Waals surface area contributed by atoms with Crippen molar-refractivity contribution >= 4 is 45.7 Å². The number of alkyl halides is 3. The number of carbonyl (C=O) groups excluding carboxylic acids is 1. The Bertz CT molecular complexity index is 1480. The highest BCUT2D eigenvalue weighted by Gasteiger charge is 2.34. The molecule has 11 heteroatoms. The zero-order valence-corrected chi connectivity index (χ0v) is 21.8. The normalized spacial score (nSPS) is 17.9. The third-order valence-corrected chi connectivity index (χ3v) is 7.30. The van der Waals surface area contributed by atoms with E-state index in [2.05, 4.69) is 20.7 Å². The SMILES string of the molecule is Cc1c(C(=O)NC2CCC(Nc3cc(C(F)(F)F)nc4ccc(Cl)cc34)CC2)cnn1-c1ccc(Cl)cc1. The summed E-state index contributed by atoms with van der Waals surface area (Å²) < 4.78 is 42.0. The second kappa shape index (κ2) is 10.5. The highest BCUT2D eigenvalue weighted by Crippen LogP contribution is 2.35. The summed E-state index contributed by atoms with van der Waals surface area (Å²) >= 11 is 12.1. The molecule has 0 spiro atoms. The molecule has 0 unspecified atom stereocenters. The minimum absolute atomic E-state index is 0.0480. The van der Waals surface area contributed by atoms with E-state index in [0.29, 0.717) is 58.1 Å². The fourth-order valence-electron chi connectivity index (χ4n) is 4.80. The van der Waals surface area contributed by atoms with Crippen LogP contribution in [-0.4, -0.2) is 32.8 Å². The number of fused-ring (bicyclic) bond motifs is 1. The number of amides is 1. The minimum Gasteiger partial charge on any atom is -0.382 e. The molecule has 1 amide bonds. The van der Waals surface area contributed by atoms with E-state index in [1.54, 1.807) is 29.1 Å². The van der Waals surface area contributed by atoms with Crippen LogP contribution in [0.5, 0.6) is 0 Å². The number of anilines is 1. The Morgan fingerprint density at radius 1 is 0.974 bits per heavy atom. The van der Waals surface area contributed by atoms with Crippen LogP contribution < -0.4 is 10.6 Å². The summed E-state index contributed by atoms with van der Waals surface area (Å²) in [4.78, 5) is 16.8. The number of aromatic nitrogens is 3. The molecule has 1 aliphatic carbocycles. The molecule has 5 rings (SSSR count). The Morgan fingerprint density at radius 2 is 1.63 bits per heavy atom. The maximum absolute atomic E-state index is 13.4. The van der Waals surface area contributed by atoms with Gasteiger partial charge in [-0.2, -0.15) is 18.3 Å². The molecule has 0 saturated heterocycles. The first-order valence-corrected chi connectivity index (χ1v) is 12.9. The minimum atomic E-state index is -4.56. The zero-order valence-electron chi connectivity index (χ0n) is 20.3. The van der Waals surface area contributed by atoms with Gasteiger partial charge in [-0.25, -0.2) is 9.67 Å². The lowest BCUT2D eigenvalue weighted by atomic mass is 9.90. The van der Waals surface area contributed by atoms with Gasteiger partial charge >= 0.3 is 6.18 Å². The van der Waals surface area contributed by atoms with E-state index in [1.165, 1.54) is 12.1 Å². The van der Waals surface area contributed by atoms with Gasteiger partial charge < -0.3 is 10.6 Å². The van der Waals surface area contributed by atoms with Crippen LogP contribution in [0.1, 0.15) is 47.4 Å². The average Bonchev–Trinajstić information content (AvgIpc) is 3.26. The molecule has 6 nitrogen and oxygen atoms in total. The van der Waals surface area contributed by atoms with Gasteiger partial charge in [0.1, 0.15) is 5.69 Å². The standard InChI is InChI=1S/C27H24Cl2F3N5O/c1-15-22(14-33-37(15)20-9-2-16(28)3-10-20)26(38)35-19-7-5-18(6-8-19)34-24-13-25(27(30,31)32)36-23-11-4-17(29)12-21(23)24/h2-4,9-14,18-19H,5-8H2,1H3,(H,34,36)(H,35,38). The van der Waals surface area contributed by atoms with Crippen LogP contribution in [-0.2, 0) is 6.18 Å². The molecule has 1 fully saturated rings. The Morgan fingerprint density at radius 3 is 2.32 bits per heavy atom. The summed E-state index contributed by atoms with van der Waals surface area (Å²) in [5.41, 5.74) is 1.62. The predicted octanol–water partition coefficient (Wildman–Crippen LogP) is 7.21. The number of hydrogen-bond acceptors (Lipinski definition) is 4. The molecule has 1 aliphatic rings. The van der Waals surface area contributed by atoms with E-state index < -0.39 is 11.9 Å². The molecule has 2 aromatic carbocycles. The van der Waals surface area contributed by atoms with Crippen molar-refractivity contribution in [3.05, 3.63) is 81.7 Å². The van der Waals surface area contributed by atoms with Crippen LogP contribution in [0.4, 0.5) is 18.9 Å². The third-order valence-electron chi connectivity index (χ3n) is 6.81. The Kier molecular flexibility index (Phi) is 7.24. The molecular formula is C27H24Cl2F3N5O. The fourth-order valence-corrected chi connectivity index (χ4v) is 5.10. The van der Waals surface area contributed by atoms with Crippen molar-refractivity contribution < 1.29 is 18.0 Å².